The van der Waals surface area contributed by atoms with E-state index in [1.54, 1.807) is 12.3 Å². The number of anilines is 1. The van der Waals surface area contributed by atoms with Gasteiger partial charge in [0.2, 0.25) is 0 Å². The van der Waals surface area contributed by atoms with Crippen molar-refractivity contribution in [3.8, 4) is 22.6 Å². The molecular formula is C31H33N7O2. The predicted molar refractivity (Wildman–Crippen MR) is 156 cm³/mol. The molecule has 0 bridgehead atoms. The first-order valence-corrected chi connectivity index (χ1v) is 13.7. The number of aromatic nitrogens is 5. The summed E-state index contributed by atoms with van der Waals surface area (Å²) in [5.74, 6) is -0.354. The summed E-state index contributed by atoms with van der Waals surface area (Å²) in [4.78, 5) is 21.7. The Labute approximate surface area is 232 Å². The highest BCUT2D eigenvalue weighted by Crippen LogP contribution is 2.33. The molecule has 0 saturated heterocycles. The number of aliphatic hydroxyl groups excluding tert-OH is 1. The van der Waals surface area contributed by atoms with Crippen LogP contribution in [0.15, 0.2) is 73.3 Å². The Morgan fingerprint density at radius 2 is 1.82 bits per heavy atom. The average Bonchev–Trinajstić information content (AvgIpc) is 3.61. The quantitative estimate of drug-likeness (QED) is 0.263. The lowest BCUT2D eigenvalue weighted by molar-refractivity contribution is 0.100. The molecule has 0 unspecified atom stereocenters. The number of primary amides is 1. The zero-order chi connectivity index (χ0) is 27.8. The molecule has 1 amide bonds. The van der Waals surface area contributed by atoms with Gasteiger partial charge in [-0.05, 0) is 55.9 Å². The van der Waals surface area contributed by atoms with Crippen LogP contribution in [0, 0.1) is 0 Å². The lowest BCUT2D eigenvalue weighted by atomic mass is 9.92. The molecule has 1 saturated carbocycles. The molecule has 3 aromatic heterocycles. The van der Waals surface area contributed by atoms with E-state index in [0.29, 0.717) is 11.3 Å². The number of pyridine rings is 1. The van der Waals surface area contributed by atoms with Gasteiger partial charge in [-0.25, -0.2) is 14.6 Å². The zero-order valence-corrected chi connectivity index (χ0v) is 22.7. The summed E-state index contributed by atoms with van der Waals surface area (Å²) in [5.41, 5.74) is 12.1. The molecule has 4 N–H and O–H groups in total. The highest BCUT2D eigenvalue weighted by Gasteiger charge is 2.23. The summed E-state index contributed by atoms with van der Waals surface area (Å²) in [7, 11) is 0. The molecule has 5 aromatic rings. The molecule has 0 atom stereocenters. The van der Waals surface area contributed by atoms with Crippen LogP contribution in [0.5, 0.6) is 0 Å². The number of nitrogens with zero attached hydrogens (tertiary/aromatic N) is 5. The number of aliphatic hydroxyl groups is 1. The summed E-state index contributed by atoms with van der Waals surface area (Å²) in [5, 5.41) is 19.4. The number of carbonyl (C=O) groups excluding carboxylic acids is 1. The Bertz CT molecular complexity index is 1660. The number of nitrogens with two attached hydrogens (primary N) is 1. The van der Waals surface area contributed by atoms with Crippen LogP contribution < -0.4 is 11.1 Å². The summed E-state index contributed by atoms with van der Waals surface area (Å²) < 4.78 is 3.86. The van der Waals surface area contributed by atoms with Crippen molar-refractivity contribution in [1.29, 1.82) is 0 Å². The fraction of sp³-hybridized carbons (Fsp3) is 0.290. The van der Waals surface area contributed by atoms with E-state index in [2.05, 4.69) is 24.1 Å². The van der Waals surface area contributed by atoms with Crippen LogP contribution in [0.2, 0.25) is 0 Å². The van der Waals surface area contributed by atoms with Crippen molar-refractivity contribution in [2.45, 2.75) is 57.6 Å². The van der Waals surface area contributed by atoms with Gasteiger partial charge in [0.1, 0.15) is 0 Å². The van der Waals surface area contributed by atoms with E-state index < -0.39 is 5.91 Å². The van der Waals surface area contributed by atoms with Crippen molar-refractivity contribution in [2.24, 2.45) is 5.73 Å². The third kappa shape index (κ3) is 4.84. The molecule has 40 heavy (non-hydrogen) atoms. The minimum Gasteiger partial charge on any atom is -0.393 e. The van der Waals surface area contributed by atoms with Crippen LogP contribution in [0.1, 0.15) is 61.5 Å². The number of amides is 1. The largest absolute Gasteiger partial charge is 0.393 e. The zero-order valence-electron chi connectivity index (χ0n) is 22.7. The monoisotopic (exact) mass is 535 g/mol. The van der Waals surface area contributed by atoms with Gasteiger partial charge < -0.3 is 20.7 Å². The van der Waals surface area contributed by atoms with Gasteiger partial charge in [-0.15, -0.1) is 0 Å². The van der Waals surface area contributed by atoms with Gasteiger partial charge in [0.05, 0.1) is 46.1 Å². The van der Waals surface area contributed by atoms with Crippen molar-refractivity contribution in [2.75, 3.05) is 5.32 Å². The molecule has 0 radical (unpaired) electrons. The molecule has 1 fully saturated rings. The Balaban J connectivity index is 1.44. The van der Waals surface area contributed by atoms with E-state index in [4.69, 9.17) is 15.8 Å². The maximum atomic E-state index is 12.3. The Morgan fingerprint density at radius 1 is 1.05 bits per heavy atom. The second-order valence-electron chi connectivity index (χ2n) is 10.8. The molecular weight excluding hydrogens is 502 g/mol. The van der Waals surface area contributed by atoms with E-state index in [0.717, 1.165) is 65.0 Å². The van der Waals surface area contributed by atoms with Crippen LogP contribution in [0.4, 0.5) is 5.69 Å². The minimum atomic E-state index is -0.493. The lowest BCUT2D eigenvalue weighted by Crippen LogP contribution is -2.29. The van der Waals surface area contributed by atoms with Crippen LogP contribution in [0.3, 0.4) is 0 Å². The van der Waals surface area contributed by atoms with Gasteiger partial charge in [-0.3, -0.25) is 4.79 Å². The first-order chi connectivity index (χ1) is 19.4. The van der Waals surface area contributed by atoms with Crippen LogP contribution >= 0.6 is 0 Å². The number of nitrogens with one attached hydrogen (secondary N) is 1. The first kappa shape index (κ1) is 25.8. The van der Waals surface area contributed by atoms with Crippen molar-refractivity contribution in [3.05, 3.63) is 84.6 Å². The topological polar surface area (TPSA) is 124 Å². The molecule has 2 aromatic carbocycles. The van der Waals surface area contributed by atoms with Gasteiger partial charge in [0.25, 0.3) is 5.91 Å². The Morgan fingerprint density at radius 3 is 2.55 bits per heavy atom. The molecule has 6 rings (SSSR count). The van der Waals surface area contributed by atoms with E-state index in [1.807, 2.05) is 70.3 Å². The number of fused-ring (bicyclic) bond motifs is 1. The molecule has 0 aliphatic heterocycles. The number of hydrogen-bond acceptors (Lipinski definition) is 6. The van der Waals surface area contributed by atoms with Crippen molar-refractivity contribution in [1.82, 2.24) is 24.3 Å². The minimum absolute atomic E-state index is 0.139. The smallest absolute Gasteiger partial charge is 0.250 e. The standard InChI is InChI=1S/C31H33N7O2/c1-19(2)29-28-27(37-17-26(34-18-37)20-6-4-3-5-7-20)14-15-33-31(28)38(36-29)22-10-13-24(30(32)40)25(16-22)35-21-8-11-23(39)12-9-21/h3-7,10,13-19,21,23,35,39H,8-9,11-12H2,1-2H3,(H2,32,40). The number of benzene rings is 2. The van der Waals surface area contributed by atoms with Gasteiger partial charge >= 0.3 is 0 Å². The molecule has 9 nitrogen and oxygen atoms in total. The molecule has 1 aliphatic rings. The van der Waals surface area contributed by atoms with Gasteiger partial charge in [0, 0.05) is 29.7 Å². The highest BCUT2D eigenvalue weighted by molar-refractivity contribution is 5.99. The van der Waals surface area contributed by atoms with Crippen LogP contribution in [-0.2, 0) is 0 Å². The molecule has 204 valence electrons. The maximum absolute atomic E-state index is 12.3. The lowest BCUT2D eigenvalue weighted by Gasteiger charge is -2.27. The molecule has 9 heteroatoms. The Kier molecular flexibility index (Phi) is 6.81. The third-order valence-electron chi connectivity index (χ3n) is 7.62. The average molecular weight is 536 g/mol. The molecule has 3 heterocycles. The second-order valence-corrected chi connectivity index (χ2v) is 10.8. The van der Waals surface area contributed by atoms with E-state index in [1.165, 1.54) is 0 Å². The van der Waals surface area contributed by atoms with Gasteiger partial charge in [-0.1, -0.05) is 44.2 Å². The second kappa shape index (κ2) is 10.6. The van der Waals surface area contributed by atoms with E-state index in [9.17, 15) is 9.90 Å². The number of hydrogen-bond donors (Lipinski definition) is 3. The molecule has 1 aliphatic carbocycles. The van der Waals surface area contributed by atoms with Crippen molar-refractivity contribution >= 4 is 22.6 Å². The van der Waals surface area contributed by atoms with Crippen LogP contribution in [-0.4, -0.2) is 47.5 Å². The SMILES string of the molecule is CC(C)c1nn(-c2ccc(C(N)=O)c(NC3CCC(O)CC3)c2)c2nccc(-n3cnc(-c4ccccc4)c3)c12. The van der Waals surface area contributed by atoms with Gasteiger partial charge in [0.15, 0.2) is 5.65 Å². The normalized spacial score (nSPS) is 17.4. The highest BCUT2D eigenvalue weighted by atomic mass is 16.3. The number of carbonyl (C=O) groups is 1. The fourth-order valence-electron chi connectivity index (χ4n) is 5.50. The number of imidazole rings is 1. The van der Waals surface area contributed by atoms with Crippen molar-refractivity contribution < 1.29 is 9.90 Å². The van der Waals surface area contributed by atoms with E-state index >= 15 is 0 Å². The fourth-order valence-corrected chi connectivity index (χ4v) is 5.50. The van der Waals surface area contributed by atoms with Crippen LogP contribution in [0.25, 0.3) is 33.7 Å². The molecule has 0 spiro atoms. The summed E-state index contributed by atoms with van der Waals surface area (Å²) in [6.07, 6.45) is 8.49. The summed E-state index contributed by atoms with van der Waals surface area (Å²) in [6.45, 7) is 4.24. The summed E-state index contributed by atoms with van der Waals surface area (Å²) >= 11 is 0. The third-order valence-corrected chi connectivity index (χ3v) is 7.62. The maximum Gasteiger partial charge on any atom is 0.250 e. The van der Waals surface area contributed by atoms with E-state index in [-0.39, 0.29) is 18.1 Å². The summed E-state index contributed by atoms with van der Waals surface area (Å²) in [6, 6.07) is 17.7. The van der Waals surface area contributed by atoms with Crippen molar-refractivity contribution in [3.63, 3.8) is 0 Å². The first-order valence-electron chi connectivity index (χ1n) is 13.7. The van der Waals surface area contributed by atoms with Gasteiger partial charge in [-0.2, -0.15) is 5.10 Å². The number of rotatable bonds is 7. The Hall–Kier alpha value is -4.50. The predicted octanol–water partition coefficient (Wildman–Crippen LogP) is 5.21.